The Morgan fingerprint density at radius 1 is 0.970 bits per heavy atom. The highest BCUT2D eigenvalue weighted by atomic mass is 32.2. The Labute approximate surface area is 195 Å². The molecule has 0 aromatic heterocycles. The van der Waals surface area contributed by atoms with Crippen molar-refractivity contribution in [2.75, 3.05) is 28.3 Å². The first-order valence-electron chi connectivity index (χ1n) is 10.9. The molecule has 0 bridgehead atoms. The highest BCUT2D eigenvalue weighted by Crippen LogP contribution is 2.19. The van der Waals surface area contributed by atoms with Gasteiger partial charge in [0, 0.05) is 28.2 Å². The number of carbonyl (C=O) groups is 3. The van der Waals surface area contributed by atoms with Gasteiger partial charge in [0.15, 0.2) is 0 Å². The van der Waals surface area contributed by atoms with Crippen molar-refractivity contribution in [2.24, 2.45) is 0 Å². The maximum atomic E-state index is 13.0. The molecule has 176 valence electrons. The van der Waals surface area contributed by atoms with E-state index in [1.54, 1.807) is 12.1 Å². The lowest BCUT2D eigenvalue weighted by molar-refractivity contribution is -0.123. The van der Waals surface area contributed by atoms with E-state index in [2.05, 4.69) is 10.6 Å². The summed E-state index contributed by atoms with van der Waals surface area (Å²) in [6, 6.07) is 12.4. The summed E-state index contributed by atoms with van der Waals surface area (Å²) >= 11 is 0. The number of nitrogens with zero attached hydrogens (tertiary/aromatic N) is 1. The second-order valence-electron chi connectivity index (χ2n) is 8.15. The molecule has 9 heteroatoms. The van der Waals surface area contributed by atoms with Gasteiger partial charge >= 0.3 is 0 Å². The molecule has 3 rings (SSSR count). The lowest BCUT2D eigenvalue weighted by atomic mass is 10.2. The van der Waals surface area contributed by atoms with E-state index in [1.807, 2.05) is 19.1 Å². The van der Waals surface area contributed by atoms with E-state index in [9.17, 15) is 23.0 Å². The van der Waals surface area contributed by atoms with Crippen molar-refractivity contribution in [1.82, 2.24) is 5.32 Å². The fourth-order valence-corrected chi connectivity index (χ4v) is 4.58. The quantitative estimate of drug-likeness (QED) is 0.585. The number of hydrogen-bond acceptors (Lipinski definition) is 4. The van der Waals surface area contributed by atoms with Gasteiger partial charge < -0.3 is 15.5 Å². The zero-order chi connectivity index (χ0) is 23.8. The molecule has 1 aliphatic rings. The molecule has 2 aromatic rings. The molecular weight excluding hydrogens is 445 g/mol. The Morgan fingerprint density at radius 3 is 2.24 bits per heavy atom. The van der Waals surface area contributed by atoms with Crippen molar-refractivity contribution in [1.29, 1.82) is 0 Å². The Kier molecular flexibility index (Phi) is 8.71. The van der Waals surface area contributed by atoms with Crippen molar-refractivity contribution < 1.29 is 23.0 Å². The molecule has 0 radical (unpaired) electrons. The Bertz CT molecular complexity index is 1010. The van der Waals surface area contributed by atoms with E-state index < -0.39 is 34.2 Å². The van der Waals surface area contributed by atoms with Crippen LogP contribution in [0, 0.1) is 12.7 Å². The lowest BCUT2D eigenvalue weighted by Gasteiger charge is -2.23. The maximum Gasteiger partial charge on any atom is 0.240 e. The fraction of sp³-hybridized carbons (Fsp3) is 0.375. The first kappa shape index (κ1) is 24.6. The van der Waals surface area contributed by atoms with Gasteiger partial charge in [-0.2, -0.15) is 0 Å². The van der Waals surface area contributed by atoms with Gasteiger partial charge in [0.2, 0.25) is 17.7 Å². The van der Waals surface area contributed by atoms with Gasteiger partial charge in [-0.25, -0.2) is 4.39 Å². The third kappa shape index (κ3) is 7.78. The minimum Gasteiger partial charge on any atom is -0.352 e. The highest BCUT2D eigenvalue weighted by Gasteiger charge is 2.24. The predicted octanol–water partition coefficient (Wildman–Crippen LogP) is 2.91. The van der Waals surface area contributed by atoms with Crippen LogP contribution in [0.3, 0.4) is 0 Å². The molecule has 0 aliphatic heterocycles. The SMILES string of the molecule is Cc1ccc(N(CC(=O)NC2CCCC2)C(=O)C[S@@](=O)CC(=O)Nc2ccc(F)cc2)cc1. The third-order valence-corrected chi connectivity index (χ3v) is 6.53. The minimum atomic E-state index is -1.78. The van der Waals surface area contributed by atoms with Crippen molar-refractivity contribution in [3.05, 3.63) is 59.9 Å². The zero-order valence-corrected chi connectivity index (χ0v) is 19.3. The van der Waals surface area contributed by atoms with Crippen molar-refractivity contribution in [2.45, 2.75) is 38.6 Å². The second kappa shape index (κ2) is 11.7. The molecule has 2 N–H and O–H groups in total. The van der Waals surface area contributed by atoms with Gasteiger partial charge in [-0.05, 0) is 56.2 Å². The van der Waals surface area contributed by atoms with E-state index in [4.69, 9.17) is 0 Å². The fourth-order valence-electron chi connectivity index (χ4n) is 3.68. The van der Waals surface area contributed by atoms with Crippen LogP contribution in [0.1, 0.15) is 31.2 Å². The normalized spacial score (nSPS) is 14.5. The van der Waals surface area contributed by atoms with E-state index in [0.29, 0.717) is 11.4 Å². The molecule has 0 saturated heterocycles. The molecule has 1 saturated carbocycles. The summed E-state index contributed by atoms with van der Waals surface area (Å²) in [5.41, 5.74) is 1.90. The Balaban J connectivity index is 1.61. The molecule has 33 heavy (non-hydrogen) atoms. The molecule has 0 unspecified atom stereocenters. The average molecular weight is 474 g/mol. The first-order chi connectivity index (χ1) is 15.8. The van der Waals surface area contributed by atoms with Crippen LogP contribution in [0.2, 0.25) is 0 Å². The molecule has 1 aliphatic carbocycles. The molecule has 3 amide bonds. The number of hydrogen-bond donors (Lipinski definition) is 2. The predicted molar refractivity (Wildman–Crippen MR) is 127 cm³/mol. The molecule has 0 spiro atoms. The van der Waals surface area contributed by atoms with Crippen LogP contribution in [0.5, 0.6) is 0 Å². The maximum absolute atomic E-state index is 13.0. The monoisotopic (exact) mass is 473 g/mol. The molecule has 7 nitrogen and oxygen atoms in total. The van der Waals surface area contributed by atoms with Crippen LogP contribution in [-0.4, -0.2) is 46.0 Å². The standard InChI is InChI=1S/C24H28FN3O4S/c1-17-6-12-21(13-7-17)28(14-22(29)26-19-4-2-3-5-19)24(31)16-33(32)15-23(30)27-20-10-8-18(25)9-11-20/h6-13,19H,2-5,14-16H2,1H3,(H,26,29)(H,27,30)/t33-/m0/s1. The molecule has 2 aromatic carbocycles. The number of benzene rings is 2. The number of nitrogens with one attached hydrogen (secondary N) is 2. The van der Waals surface area contributed by atoms with Crippen LogP contribution in [0.15, 0.2) is 48.5 Å². The van der Waals surface area contributed by atoms with E-state index in [-0.39, 0.29) is 24.2 Å². The van der Waals surface area contributed by atoms with E-state index >= 15 is 0 Å². The van der Waals surface area contributed by atoms with E-state index in [1.165, 1.54) is 29.2 Å². The number of halogens is 1. The third-order valence-electron chi connectivity index (χ3n) is 5.37. The van der Waals surface area contributed by atoms with Crippen LogP contribution in [-0.2, 0) is 25.2 Å². The van der Waals surface area contributed by atoms with Crippen LogP contribution >= 0.6 is 0 Å². The van der Waals surface area contributed by atoms with Crippen molar-refractivity contribution in [3.8, 4) is 0 Å². The van der Waals surface area contributed by atoms with Crippen LogP contribution < -0.4 is 15.5 Å². The smallest absolute Gasteiger partial charge is 0.240 e. The van der Waals surface area contributed by atoms with Crippen molar-refractivity contribution >= 4 is 39.9 Å². The van der Waals surface area contributed by atoms with Gasteiger partial charge in [0.25, 0.3) is 0 Å². The Morgan fingerprint density at radius 2 is 1.61 bits per heavy atom. The number of rotatable bonds is 9. The topological polar surface area (TPSA) is 95.6 Å². The number of amides is 3. The summed E-state index contributed by atoms with van der Waals surface area (Å²) in [5, 5.41) is 5.49. The second-order valence-corrected chi connectivity index (χ2v) is 9.60. The van der Waals surface area contributed by atoms with E-state index in [0.717, 1.165) is 31.2 Å². The summed E-state index contributed by atoms with van der Waals surface area (Å²) in [5.74, 6) is -2.55. The lowest BCUT2D eigenvalue weighted by Crippen LogP contribution is -2.45. The first-order valence-corrected chi connectivity index (χ1v) is 12.4. The number of carbonyl (C=O) groups excluding carboxylic acids is 3. The average Bonchev–Trinajstić information content (AvgIpc) is 3.27. The largest absolute Gasteiger partial charge is 0.352 e. The summed E-state index contributed by atoms with van der Waals surface area (Å²) < 4.78 is 25.5. The van der Waals surface area contributed by atoms with Gasteiger partial charge in [-0.3, -0.25) is 18.6 Å². The molecule has 1 fully saturated rings. The van der Waals surface area contributed by atoms with Gasteiger partial charge in [0.05, 0.1) is 0 Å². The molecular formula is C24H28FN3O4S. The summed E-state index contributed by atoms with van der Waals surface area (Å²) in [4.78, 5) is 39.0. The van der Waals surface area contributed by atoms with Gasteiger partial charge in [-0.15, -0.1) is 0 Å². The van der Waals surface area contributed by atoms with Crippen LogP contribution in [0.4, 0.5) is 15.8 Å². The molecule has 0 heterocycles. The number of aryl methyl sites for hydroxylation is 1. The van der Waals surface area contributed by atoms with Crippen molar-refractivity contribution in [3.63, 3.8) is 0 Å². The van der Waals surface area contributed by atoms with Gasteiger partial charge in [-0.1, -0.05) is 30.5 Å². The minimum absolute atomic E-state index is 0.122. The summed E-state index contributed by atoms with van der Waals surface area (Å²) in [6.07, 6.45) is 4.00. The summed E-state index contributed by atoms with van der Waals surface area (Å²) in [6.45, 7) is 1.73. The van der Waals surface area contributed by atoms with Gasteiger partial charge in [0.1, 0.15) is 23.9 Å². The molecule has 1 atom stereocenters. The van der Waals surface area contributed by atoms with Crippen LogP contribution in [0.25, 0.3) is 0 Å². The number of anilines is 2. The zero-order valence-electron chi connectivity index (χ0n) is 18.5. The Hall–Kier alpha value is -3.07. The highest BCUT2D eigenvalue weighted by molar-refractivity contribution is 7.86. The summed E-state index contributed by atoms with van der Waals surface area (Å²) in [7, 11) is -1.78.